The highest BCUT2D eigenvalue weighted by Gasteiger charge is 2.19. The standard InChI is InChI=1S/C19H17FN2O3S2/c1-12(23)21-16(17-3-2-8-26-17)9-18(24)25-10-15-11-27-19(22-15)13-4-6-14(20)7-5-13/h2-8,11,16H,9-10H2,1H3,(H,21,23). The molecule has 1 N–H and O–H groups in total. The van der Waals surface area contributed by atoms with Crippen molar-refractivity contribution >= 4 is 34.6 Å². The van der Waals surface area contributed by atoms with E-state index in [-0.39, 0.29) is 24.8 Å². The third-order valence-corrected chi connectivity index (χ3v) is 5.59. The SMILES string of the molecule is CC(=O)NC(CC(=O)OCc1csc(-c2ccc(F)cc2)n1)c1cccs1. The molecule has 1 amide bonds. The van der Waals surface area contributed by atoms with Gasteiger partial charge in [0.2, 0.25) is 5.91 Å². The van der Waals surface area contributed by atoms with E-state index in [1.54, 1.807) is 17.5 Å². The first-order valence-electron chi connectivity index (χ1n) is 8.17. The van der Waals surface area contributed by atoms with Gasteiger partial charge in [-0.3, -0.25) is 9.59 Å². The fourth-order valence-electron chi connectivity index (χ4n) is 2.44. The molecule has 0 fully saturated rings. The Morgan fingerprint density at radius 1 is 1.22 bits per heavy atom. The highest BCUT2D eigenvalue weighted by Crippen LogP contribution is 2.25. The molecule has 0 bridgehead atoms. The largest absolute Gasteiger partial charge is 0.459 e. The van der Waals surface area contributed by atoms with Gasteiger partial charge >= 0.3 is 5.97 Å². The van der Waals surface area contributed by atoms with Crippen LogP contribution in [0.15, 0.2) is 47.2 Å². The van der Waals surface area contributed by atoms with Gasteiger partial charge in [0, 0.05) is 22.7 Å². The highest BCUT2D eigenvalue weighted by molar-refractivity contribution is 7.13. The Morgan fingerprint density at radius 3 is 2.67 bits per heavy atom. The van der Waals surface area contributed by atoms with Gasteiger partial charge in [-0.05, 0) is 35.7 Å². The van der Waals surface area contributed by atoms with Crippen LogP contribution in [0.5, 0.6) is 0 Å². The zero-order valence-electron chi connectivity index (χ0n) is 14.5. The monoisotopic (exact) mass is 404 g/mol. The number of amides is 1. The molecule has 0 aliphatic heterocycles. The molecule has 1 atom stereocenters. The first-order chi connectivity index (χ1) is 13.0. The number of rotatable bonds is 7. The molecule has 3 rings (SSSR count). The predicted molar refractivity (Wildman–Crippen MR) is 103 cm³/mol. The third kappa shape index (κ3) is 5.45. The lowest BCUT2D eigenvalue weighted by molar-refractivity contribution is -0.145. The van der Waals surface area contributed by atoms with E-state index in [4.69, 9.17) is 4.74 Å². The second-order valence-corrected chi connectivity index (χ2v) is 7.62. The maximum absolute atomic E-state index is 13.0. The van der Waals surface area contributed by atoms with Crippen LogP contribution in [0.25, 0.3) is 10.6 Å². The molecule has 0 saturated heterocycles. The minimum Gasteiger partial charge on any atom is -0.459 e. The van der Waals surface area contributed by atoms with E-state index in [0.717, 1.165) is 15.4 Å². The lowest BCUT2D eigenvalue weighted by atomic mass is 10.1. The van der Waals surface area contributed by atoms with Gasteiger partial charge < -0.3 is 10.1 Å². The number of nitrogens with zero attached hydrogens (tertiary/aromatic N) is 1. The highest BCUT2D eigenvalue weighted by atomic mass is 32.1. The summed E-state index contributed by atoms with van der Waals surface area (Å²) in [7, 11) is 0. The Morgan fingerprint density at radius 2 is 2.00 bits per heavy atom. The van der Waals surface area contributed by atoms with Crippen molar-refractivity contribution in [3.05, 3.63) is 63.5 Å². The number of thiophene rings is 1. The maximum Gasteiger partial charge on any atom is 0.308 e. The second kappa shape index (κ2) is 8.88. The Bertz CT molecular complexity index is 907. The summed E-state index contributed by atoms with van der Waals surface area (Å²) in [5, 5.41) is 7.19. The third-order valence-electron chi connectivity index (χ3n) is 3.66. The molecule has 0 saturated carbocycles. The van der Waals surface area contributed by atoms with E-state index in [1.165, 1.54) is 41.7 Å². The molecule has 0 aliphatic carbocycles. The van der Waals surface area contributed by atoms with Crippen molar-refractivity contribution in [3.63, 3.8) is 0 Å². The Kier molecular flexibility index (Phi) is 6.31. The molecular weight excluding hydrogens is 387 g/mol. The first-order valence-corrected chi connectivity index (χ1v) is 9.93. The van der Waals surface area contributed by atoms with Gasteiger partial charge in [-0.1, -0.05) is 6.07 Å². The number of ether oxygens (including phenoxy) is 1. The number of carbonyl (C=O) groups is 2. The fraction of sp³-hybridized carbons (Fsp3) is 0.211. The van der Waals surface area contributed by atoms with Crippen molar-refractivity contribution < 1.29 is 18.7 Å². The maximum atomic E-state index is 13.0. The van der Waals surface area contributed by atoms with Crippen molar-refractivity contribution in [2.75, 3.05) is 0 Å². The smallest absolute Gasteiger partial charge is 0.308 e. The van der Waals surface area contributed by atoms with Crippen molar-refractivity contribution in [2.45, 2.75) is 26.0 Å². The summed E-state index contributed by atoms with van der Waals surface area (Å²) >= 11 is 2.87. The van der Waals surface area contributed by atoms with Crippen LogP contribution in [-0.4, -0.2) is 16.9 Å². The molecule has 27 heavy (non-hydrogen) atoms. The van der Waals surface area contributed by atoms with Gasteiger partial charge in [0.25, 0.3) is 0 Å². The van der Waals surface area contributed by atoms with Crippen LogP contribution >= 0.6 is 22.7 Å². The molecule has 2 aromatic heterocycles. The van der Waals surface area contributed by atoms with Crippen molar-refractivity contribution in [2.24, 2.45) is 0 Å². The summed E-state index contributed by atoms with van der Waals surface area (Å²) in [4.78, 5) is 28.9. The van der Waals surface area contributed by atoms with Gasteiger partial charge in [0.05, 0.1) is 18.2 Å². The number of hydrogen-bond acceptors (Lipinski definition) is 6. The van der Waals surface area contributed by atoms with Gasteiger partial charge in [0.15, 0.2) is 0 Å². The van der Waals surface area contributed by atoms with E-state index >= 15 is 0 Å². The molecule has 5 nitrogen and oxygen atoms in total. The number of aromatic nitrogens is 1. The molecule has 2 heterocycles. The van der Waals surface area contributed by atoms with Crippen LogP contribution in [0.4, 0.5) is 4.39 Å². The Balaban J connectivity index is 1.57. The van der Waals surface area contributed by atoms with E-state index in [9.17, 15) is 14.0 Å². The predicted octanol–water partition coefficient (Wildman–Crippen LogP) is 4.32. The lowest BCUT2D eigenvalue weighted by Gasteiger charge is -2.15. The number of nitrogens with one attached hydrogen (secondary N) is 1. The number of halogens is 1. The average molecular weight is 404 g/mol. The van der Waals surface area contributed by atoms with E-state index < -0.39 is 12.0 Å². The molecule has 1 unspecified atom stereocenters. The summed E-state index contributed by atoms with van der Waals surface area (Å²) < 4.78 is 18.3. The molecule has 0 spiro atoms. The van der Waals surface area contributed by atoms with Crippen LogP contribution in [0.1, 0.15) is 30.0 Å². The van der Waals surface area contributed by atoms with Crippen molar-refractivity contribution in [1.29, 1.82) is 0 Å². The van der Waals surface area contributed by atoms with Gasteiger partial charge in [-0.15, -0.1) is 22.7 Å². The summed E-state index contributed by atoms with van der Waals surface area (Å²) in [6, 6.07) is 9.40. The summed E-state index contributed by atoms with van der Waals surface area (Å²) in [6.45, 7) is 1.46. The molecule has 140 valence electrons. The first kappa shape index (κ1) is 19.2. The number of esters is 1. The summed E-state index contributed by atoms with van der Waals surface area (Å²) in [5.41, 5.74) is 1.43. The quantitative estimate of drug-likeness (QED) is 0.596. The van der Waals surface area contributed by atoms with Gasteiger partial charge in [-0.25, -0.2) is 9.37 Å². The zero-order valence-corrected chi connectivity index (χ0v) is 16.1. The van der Waals surface area contributed by atoms with Crippen LogP contribution in [0.3, 0.4) is 0 Å². The number of thiazole rings is 1. The Labute approximate surface area is 163 Å². The van der Waals surface area contributed by atoms with Crippen LogP contribution in [-0.2, 0) is 20.9 Å². The molecule has 3 aromatic rings. The summed E-state index contributed by atoms with van der Waals surface area (Å²) in [5.74, 6) is -0.924. The number of benzene rings is 1. The molecule has 1 aromatic carbocycles. The van der Waals surface area contributed by atoms with E-state index in [2.05, 4.69) is 10.3 Å². The summed E-state index contributed by atoms with van der Waals surface area (Å²) in [6.07, 6.45) is 0.0506. The van der Waals surface area contributed by atoms with Gasteiger partial charge in [-0.2, -0.15) is 0 Å². The van der Waals surface area contributed by atoms with Crippen LogP contribution < -0.4 is 5.32 Å². The molecular formula is C19H17FN2O3S2. The Hall–Kier alpha value is -2.58. The van der Waals surface area contributed by atoms with Crippen LogP contribution in [0.2, 0.25) is 0 Å². The minimum atomic E-state index is -0.418. The number of hydrogen-bond donors (Lipinski definition) is 1. The number of carbonyl (C=O) groups excluding carboxylic acids is 2. The van der Waals surface area contributed by atoms with Crippen molar-refractivity contribution in [1.82, 2.24) is 10.3 Å². The normalized spacial score (nSPS) is 11.8. The van der Waals surface area contributed by atoms with Crippen LogP contribution in [0, 0.1) is 5.82 Å². The second-order valence-electron chi connectivity index (χ2n) is 5.78. The van der Waals surface area contributed by atoms with E-state index in [0.29, 0.717) is 5.69 Å². The topological polar surface area (TPSA) is 68.3 Å². The van der Waals surface area contributed by atoms with E-state index in [1.807, 2.05) is 17.5 Å². The zero-order chi connectivity index (χ0) is 19.2. The average Bonchev–Trinajstić information content (AvgIpc) is 3.32. The minimum absolute atomic E-state index is 0.0494. The molecule has 0 radical (unpaired) electrons. The lowest BCUT2D eigenvalue weighted by Crippen LogP contribution is -2.28. The fourth-order valence-corrected chi connectivity index (χ4v) is 4.02. The van der Waals surface area contributed by atoms with Gasteiger partial charge in [0.1, 0.15) is 17.4 Å². The molecule has 8 heteroatoms. The molecule has 0 aliphatic rings. The van der Waals surface area contributed by atoms with Crippen molar-refractivity contribution in [3.8, 4) is 10.6 Å².